The van der Waals surface area contributed by atoms with Gasteiger partial charge in [-0.15, -0.1) is 11.3 Å². The first kappa shape index (κ1) is 11.4. The fourth-order valence-electron chi connectivity index (χ4n) is 1.34. The van der Waals surface area contributed by atoms with Crippen molar-refractivity contribution in [3.05, 3.63) is 38.9 Å². The summed E-state index contributed by atoms with van der Waals surface area (Å²) < 4.78 is 0. The first-order valence-electron chi connectivity index (χ1n) is 4.92. The van der Waals surface area contributed by atoms with Gasteiger partial charge in [-0.2, -0.15) is 0 Å². The van der Waals surface area contributed by atoms with Crippen LogP contribution in [0.2, 0.25) is 5.15 Å². The lowest BCUT2D eigenvalue weighted by molar-refractivity contribution is 1.10. The van der Waals surface area contributed by atoms with Gasteiger partial charge in [0.2, 0.25) is 0 Å². The summed E-state index contributed by atoms with van der Waals surface area (Å²) in [4.78, 5) is 10.6. The molecule has 0 fully saturated rings. The van der Waals surface area contributed by atoms with Gasteiger partial charge in [0.1, 0.15) is 17.3 Å². The average molecular weight is 254 g/mol. The lowest BCUT2D eigenvalue weighted by Crippen LogP contribution is -1.99. The van der Waals surface area contributed by atoms with E-state index < -0.39 is 0 Å². The molecule has 2 heterocycles. The smallest absolute Gasteiger partial charge is 0.134 e. The summed E-state index contributed by atoms with van der Waals surface area (Å²) in [6.45, 7) is 5.02. The number of aromatic nitrogens is 2. The number of hydrogen-bond donors (Lipinski definition) is 1. The first-order chi connectivity index (χ1) is 7.65. The van der Waals surface area contributed by atoms with E-state index in [1.165, 1.54) is 21.6 Å². The zero-order valence-electron chi connectivity index (χ0n) is 9.12. The number of nitrogens with one attached hydrogen (secondary N) is 1. The summed E-state index contributed by atoms with van der Waals surface area (Å²) in [5.74, 6) is 0.753. The van der Waals surface area contributed by atoms with Gasteiger partial charge in [-0.1, -0.05) is 11.6 Å². The second kappa shape index (κ2) is 4.80. The molecule has 0 saturated heterocycles. The highest BCUT2D eigenvalue weighted by atomic mass is 35.5. The summed E-state index contributed by atoms with van der Waals surface area (Å²) in [6, 6.07) is 3.91. The van der Waals surface area contributed by atoms with Gasteiger partial charge in [-0.3, -0.25) is 0 Å². The molecule has 0 unspecified atom stereocenters. The van der Waals surface area contributed by atoms with Crippen molar-refractivity contribution in [3.63, 3.8) is 0 Å². The third kappa shape index (κ3) is 2.71. The minimum Gasteiger partial charge on any atom is -0.365 e. The predicted octanol–water partition coefficient (Wildman–Crippen LogP) is 3.42. The van der Waals surface area contributed by atoms with E-state index in [2.05, 4.69) is 35.2 Å². The van der Waals surface area contributed by atoms with E-state index in [-0.39, 0.29) is 0 Å². The molecule has 0 radical (unpaired) electrons. The Balaban J connectivity index is 2.02. The molecular weight excluding hydrogens is 242 g/mol. The molecule has 5 heteroatoms. The maximum atomic E-state index is 5.77. The Morgan fingerprint density at radius 2 is 2.12 bits per heavy atom. The standard InChI is InChI=1S/C11H12ClN3S/c1-7-3-9(16-8(7)2)5-13-11-4-10(12)14-6-15-11/h3-4,6H,5H2,1-2H3,(H,13,14,15). The summed E-state index contributed by atoms with van der Waals surface area (Å²) >= 11 is 7.57. The Morgan fingerprint density at radius 1 is 1.31 bits per heavy atom. The van der Waals surface area contributed by atoms with E-state index in [9.17, 15) is 0 Å². The number of anilines is 1. The zero-order chi connectivity index (χ0) is 11.5. The van der Waals surface area contributed by atoms with Crippen molar-refractivity contribution >= 4 is 28.8 Å². The second-order valence-corrected chi connectivity index (χ2v) is 5.26. The Bertz CT molecular complexity index is 476. The van der Waals surface area contributed by atoms with Crippen molar-refractivity contribution < 1.29 is 0 Å². The lowest BCUT2D eigenvalue weighted by Gasteiger charge is -2.02. The minimum atomic E-state index is 0.455. The topological polar surface area (TPSA) is 37.8 Å². The van der Waals surface area contributed by atoms with Crippen LogP contribution in [0.25, 0.3) is 0 Å². The maximum absolute atomic E-state index is 5.77. The molecule has 2 rings (SSSR count). The van der Waals surface area contributed by atoms with Gasteiger partial charge in [0.15, 0.2) is 0 Å². The van der Waals surface area contributed by atoms with Gasteiger partial charge in [-0.05, 0) is 25.5 Å². The number of hydrogen-bond acceptors (Lipinski definition) is 4. The zero-order valence-corrected chi connectivity index (χ0v) is 10.7. The van der Waals surface area contributed by atoms with Crippen LogP contribution in [0.3, 0.4) is 0 Å². The molecule has 3 nitrogen and oxygen atoms in total. The molecule has 84 valence electrons. The molecule has 2 aromatic rings. The molecule has 0 bridgehead atoms. The lowest BCUT2D eigenvalue weighted by atomic mass is 10.3. The fraction of sp³-hybridized carbons (Fsp3) is 0.273. The Hall–Kier alpha value is -1.13. The van der Waals surface area contributed by atoms with Gasteiger partial charge >= 0.3 is 0 Å². The van der Waals surface area contributed by atoms with Crippen molar-refractivity contribution in [1.82, 2.24) is 9.97 Å². The summed E-state index contributed by atoms with van der Waals surface area (Å²) in [7, 11) is 0. The van der Waals surface area contributed by atoms with Crippen LogP contribution in [0.15, 0.2) is 18.5 Å². The molecular formula is C11H12ClN3S. The molecule has 0 amide bonds. The Morgan fingerprint density at radius 3 is 2.75 bits per heavy atom. The monoisotopic (exact) mass is 253 g/mol. The third-order valence-corrected chi connectivity index (χ3v) is 3.65. The number of rotatable bonds is 3. The molecule has 16 heavy (non-hydrogen) atoms. The highest BCUT2D eigenvalue weighted by Crippen LogP contribution is 2.21. The maximum Gasteiger partial charge on any atom is 0.134 e. The van der Waals surface area contributed by atoms with Crippen molar-refractivity contribution in [2.75, 3.05) is 5.32 Å². The third-order valence-electron chi connectivity index (χ3n) is 2.29. The van der Waals surface area contributed by atoms with Gasteiger partial charge in [0.25, 0.3) is 0 Å². The van der Waals surface area contributed by atoms with Crippen molar-refractivity contribution in [2.45, 2.75) is 20.4 Å². The van der Waals surface area contributed by atoms with Crippen molar-refractivity contribution in [1.29, 1.82) is 0 Å². The van der Waals surface area contributed by atoms with Crippen molar-refractivity contribution in [3.8, 4) is 0 Å². The minimum absolute atomic E-state index is 0.455. The number of aryl methyl sites for hydroxylation is 2. The van der Waals surface area contributed by atoms with Gasteiger partial charge in [0.05, 0.1) is 6.54 Å². The molecule has 0 aromatic carbocycles. The summed E-state index contributed by atoms with van der Waals surface area (Å²) in [5, 5.41) is 3.67. The highest BCUT2D eigenvalue weighted by Gasteiger charge is 2.02. The van der Waals surface area contributed by atoms with Crippen molar-refractivity contribution in [2.24, 2.45) is 0 Å². The molecule has 0 aliphatic rings. The Kier molecular flexibility index (Phi) is 3.41. The highest BCUT2D eigenvalue weighted by molar-refractivity contribution is 7.12. The van der Waals surface area contributed by atoms with E-state index in [0.717, 1.165) is 12.4 Å². The van der Waals surface area contributed by atoms with Gasteiger partial charge in [-0.25, -0.2) is 9.97 Å². The van der Waals surface area contributed by atoms with Crippen LogP contribution in [0, 0.1) is 13.8 Å². The molecule has 2 aromatic heterocycles. The Labute approximate surface area is 104 Å². The number of nitrogens with zero attached hydrogens (tertiary/aromatic N) is 2. The van der Waals surface area contributed by atoms with Crippen LogP contribution in [-0.2, 0) is 6.54 Å². The molecule has 0 spiro atoms. The molecule has 1 N–H and O–H groups in total. The SMILES string of the molecule is Cc1cc(CNc2cc(Cl)ncn2)sc1C. The molecule has 0 aliphatic heterocycles. The summed E-state index contributed by atoms with van der Waals surface area (Å²) in [5.41, 5.74) is 1.34. The second-order valence-electron chi connectivity index (χ2n) is 3.53. The normalized spacial score (nSPS) is 10.4. The van der Waals surface area contributed by atoms with Crippen LogP contribution < -0.4 is 5.32 Å². The van der Waals surface area contributed by atoms with E-state index >= 15 is 0 Å². The quantitative estimate of drug-likeness (QED) is 0.852. The summed E-state index contributed by atoms with van der Waals surface area (Å²) in [6.07, 6.45) is 1.45. The predicted molar refractivity (Wildman–Crippen MR) is 68.2 cm³/mol. The van der Waals surface area contributed by atoms with E-state index in [1.807, 2.05) is 0 Å². The molecule has 0 aliphatic carbocycles. The average Bonchev–Trinajstić information content (AvgIpc) is 2.56. The van der Waals surface area contributed by atoms with E-state index in [0.29, 0.717) is 5.15 Å². The molecule has 0 saturated carbocycles. The first-order valence-corrected chi connectivity index (χ1v) is 6.12. The van der Waals surface area contributed by atoms with Gasteiger partial charge < -0.3 is 5.32 Å². The number of thiophene rings is 1. The van der Waals surface area contributed by atoms with Crippen LogP contribution in [0.5, 0.6) is 0 Å². The van der Waals surface area contributed by atoms with Crippen LogP contribution in [0.1, 0.15) is 15.3 Å². The largest absolute Gasteiger partial charge is 0.365 e. The number of halogens is 1. The van der Waals surface area contributed by atoms with E-state index in [4.69, 9.17) is 11.6 Å². The van der Waals surface area contributed by atoms with Gasteiger partial charge in [0, 0.05) is 15.8 Å². The van der Waals surface area contributed by atoms with E-state index in [1.54, 1.807) is 17.4 Å². The molecule has 0 atom stereocenters. The van der Waals surface area contributed by atoms with Crippen LogP contribution in [-0.4, -0.2) is 9.97 Å². The van der Waals surface area contributed by atoms with Crippen LogP contribution in [0.4, 0.5) is 5.82 Å². The van der Waals surface area contributed by atoms with Crippen LogP contribution >= 0.6 is 22.9 Å². The fourth-order valence-corrected chi connectivity index (χ4v) is 2.48.